The van der Waals surface area contributed by atoms with Gasteiger partial charge in [-0.2, -0.15) is 5.26 Å². The van der Waals surface area contributed by atoms with E-state index in [1.165, 1.54) is 13.3 Å². The van der Waals surface area contributed by atoms with Crippen molar-refractivity contribution in [2.24, 2.45) is 0 Å². The van der Waals surface area contributed by atoms with Crippen LogP contribution >= 0.6 is 0 Å². The summed E-state index contributed by atoms with van der Waals surface area (Å²) in [5.74, 6) is -0.668. The normalized spacial score (nSPS) is 10.3. The first-order valence-corrected chi connectivity index (χ1v) is 4.13. The second-order valence-corrected chi connectivity index (χ2v) is 2.54. The van der Waals surface area contributed by atoms with E-state index in [1.807, 2.05) is 0 Å². The molecule has 0 saturated heterocycles. The smallest absolute Gasteiger partial charge is 0.350 e. The molecule has 1 N–H and O–H groups in total. The third-order valence-electron chi connectivity index (χ3n) is 1.59. The molecule has 1 aromatic heterocycles. The quantitative estimate of drug-likeness (QED) is 0.452. The number of carbonyl (C=O) groups excluding carboxylic acids is 1. The van der Waals surface area contributed by atoms with Crippen LogP contribution in [-0.4, -0.2) is 18.1 Å². The van der Waals surface area contributed by atoms with Gasteiger partial charge in [0.1, 0.15) is 6.07 Å². The van der Waals surface area contributed by atoms with Crippen LogP contribution in [-0.2, 0) is 9.53 Å². The lowest BCUT2D eigenvalue weighted by molar-refractivity contribution is -0.135. The van der Waals surface area contributed by atoms with Gasteiger partial charge in [-0.05, 0) is 12.1 Å². The minimum Gasteiger partial charge on any atom is -0.465 e. The standard InChI is InChI=1S/C10H9N3O2/c1-15-10(14)8(6-11)7-13-9-2-4-12-5-3-9/h2-5,7H,1H3,(H,12,13)/b8-7-. The zero-order valence-electron chi connectivity index (χ0n) is 8.10. The van der Waals surface area contributed by atoms with Crippen LogP contribution in [0, 0.1) is 11.3 Å². The average Bonchev–Trinajstić information content (AvgIpc) is 2.31. The van der Waals surface area contributed by atoms with Crippen molar-refractivity contribution < 1.29 is 9.53 Å². The number of hydrogen-bond acceptors (Lipinski definition) is 5. The molecule has 0 aliphatic carbocycles. The van der Waals surface area contributed by atoms with Crippen molar-refractivity contribution in [3.63, 3.8) is 0 Å². The number of nitrogens with zero attached hydrogens (tertiary/aromatic N) is 2. The summed E-state index contributed by atoms with van der Waals surface area (Å²) < 4.78 is 4.41. The highest BCUT2D eigenvalue weighted by Crippen LogP contribution is 2.04. The van der Waals surface area contributed by atoms with Gasteiger partial charge in [-0.3, -0.25) is 4.98 Å². The minimum atomic E-state index is -0.668. The summed E-state index contributed by atoms with van der Waals surface area (Å²) >= 11 is 0. The number of aromatic nitrogens is 1. The molecule has 0 saturated carbocycles. The van der Waals surface area contributed by atoms with Crippen molar-refractivity contribution in [2.45, 2.75) is 0 Å². The van der Waals surface area contributed by atoms with E-state index in [0.29, 0.717) is 0 Å². The maximum atomic E-state index is 11.0. The fourth-order valence-corrected chi connectivity index (χ4v) is 0.850. The Morgan fingerprint density at radius 1 is 1.60 bits per heavy atom. The summed E-state index contributed by atoms with van der Waals surface area (Å²) in [6, 6.07) is 5.15. The number of anilines is 1. The molecule has 0 amide bonds. The third-order valence-corrected chi connectivity index (χ3v) is 1.59. The van der Waals surface area contributed by atoms with Crippen LogP contribution in [0.2, 0.25) is 0 Å². The lowest BCUT2D eigenvalue weighted by Crippen LogP contribution is -2.05. The molecular weight excluding hydrogens is 194 g/mol. The summed E-state index contributed by atoms with van der Waals surface area (Å²) in [4.78, 5) is 14.8. The van der Waals surface area contributed by atoms with Crippen LogP contribution in [0.4, 0.5) is 5.69 Å². The van der Waals surface area contributed by atoms with E-state index in [9.17, 15) is 4.79 Å². The summed E-state index contributed by atoms with van der Waals surface area (Å²) in [7, 11) is 1.22. The van der Waals surface area contributed by atoms with Crippen molar-refractivity contribution in [2.75, 3.05) is 12.4 Å². The highest BCUT2D eigenvalue weighted by atomic mass is 16.5. The second-order valence-electron chi connectivity index (χ2n) is 2.54. The molecule has 0 unspecified atom stereocenters. The van der Waals surface area contributed by atoms with E-state index in [4.69, 9.17) is 5.26 Å². The molecule has 1 rings (SSSR count). The predicted octanol–water partition coefficient (Wildman–Crippen LogP) is 1.07. The van der Waals surface area contributed by atoms with Crippen LogP contribution in [0.1, 0.15) is 0 Å². The van der Waals surface area contributed by atoms with E-state index in [0.717, 1.165) is 5.69 Å². The first-order valence-electron chi connectivity index (χ1n) is 4.13. The Bertz CT molecular complexity index is 406. The van der Waals surface area contributed by atoms with Crippen molar-refractivity contribution >= 4 is 11.7 Å². The van der Waals surface area contributed by atoms with Gasteiger partial charge in [0.2, 0.25) is 0 Å². The zero-order chi connectivity index (χ0) is 11.1. The number of nitrogens with one attached hydrogen (secondary N) is 1. The molecule has 5 nitrogen and oxygen atoms in total. The Hall–Kier alpha value is -2.35. The van der Waals surface area contributed by atoms with E-state index in [2.05, 4.69) is 15.0 Å². The molecule has 1 heterocycles. The Morgan fingerprint density at radius 2 is 2.27 bits per heavy atom. The predicted molar refractivity (Wildman–Crippen MR) is 53.6 cm³/mol. The lowest BCUT2D eigenvalue weighted by atomic mass is 10.3. The number of nitriles is 1. The maximum absolute atomic E-state index is 11.0. The van der Waals surface area contributed by atoms with Gasteiger partial charge in [0, 0.05) is 24.3 Å². The number of esters is 1. The van der Waals surface area contributed by atoms with Crippen molar-refractivity contribution in [3.8, 4) is 6.07 Å². The number of carbonyl (C=O) groups is 1. The van der Waals surface area contributed by atoms with Crippen LogP contribution in [0.25, 0.3) is 0 Å². The van der Waals surface area contributed by atoms with Crippen LogP contribution in [0.3, 0.4) is 0 Å². The van der Waals surface area contributed by atoms with Crippen molar-refractivity contribution in [3.05, 3.63) is 36.3 Å². The maximum Gasteiger partial charge on any atom is 0.350 e. The van der Waals surface area contributed by atoms with Crippen molar-refractivity contribution in [1.82, 2.24) is 4.98 Å². The van der Waals surface area contributed by atoms with Gasteiger partial charge < -0.3 is 10.1 Å². The Morgan fingerprint density at radius 3 is 2.80 bits per heavy atom. The number of hydrogen-bond donors (Lipinski definition) is 1. The molecule has 0 spiro atoms. The topological polar surface area (TPSA) is 75.0 Å². The van der Waals surface area contributed by atoms with Gasteiger partial charge in [0.15, 0.2) is 5.57 Å². The average molecular weight is 203 g/mol. The summed E-state index contributed by atoms with van der Waals surface area (Å²) in [5, 5.41) is 11.4. The number of methoxy groups -OCH3 is 1. The molecular formula is C10H9N3O2. The molecule has 0 atom stereocenters. The Balaban J connectivity index is 2.72. The number of ether oxygens (including phenoxy) is 1. The highest BCUT2D eigenvalue weighted by molar-refractivity contribution is 5.92. The zero-order valence-corrected chi connectivity index (χ0v) is 8.10. The van der Waals surface area contributed by atoms with Gasteiger partial charge >= 0.3 is 5.97 Å². The SMILES string of the molecule is COC(=O)/C(C#N)=C\Nc1ccncc1. The fraction of sp³-hybridized carbons (Fsp3) is 0.100. The van der Waals surface area contributed by atoms with Gasteiger partial charge in [0.25, 0.3) is 0 Å². The monoisotopic (exact) mass is 203 g/mol. The molecule has 76 valence electrons. The Labute approximate surface area is 87.0 Å². The highest BCUT2D eigenvalue weighted by Gasteiger charge is 2.07. The molecule has 5 heteroatoms. The van der Waals surface area contributed by atoms with Gasteiger partial charge in [0.05, 0.1) is 7.11 Å². The molecule has 0 aliphatic rings. The van der Waals surface area contributed by atoms with Crippen molar-refractivity contribution in [1.29, 1.82) is 5.26 Å². The fourth-order valence-electron chi connectivity index (χ4n) is 0.850. The van der Waals surface area contributed by atoms with Gasteiger partial charge in [-0.1, -0.05) is 0 Å². The second kappa shape index (κ2) is 5.40. The van der Waals surface area contributed by atoms with Gasteiger partial charge in [-0.25, -0.2) is 4.79 Å². The summed E-state index contributed by atoms with van der Waals surface area (Å²) in [6.07, 6.45) is 4.49. The largest absolute Gasteiger partial charge is 0.465 e. The first kappa shape index (κ1) is 10.7. The molecule has 0 aromatic carbocycles. The molecule has 0 fully saturated rings. The molecule has 1 aromatic rings. The molecule has 15 heavy (non-hydrogen) atoms. The summed E-state index contributed by atoms with van der Waals surface area (Å²) in [5.41, 5.74) is 0.649. The van der Waals surface area contributed by atoms with E-state index in [1.54, 1.807) is 30.6 Å². The van der Waals surface area contributed by atoms with Gasteiger partial charge in [-0.15, -0.1) is 0 Å². The van der Waals surface area contributed by atoms with E-state index < -0.39 is 5.97 Å². The number of rotatable bonds is 3. The van der Waals surface area contributed by atoms with Crippen LogP contribution < -0.4 is 5.32 Å². The minimum absolute atomic E-state index is 0.0886. The van der Waals surface area contributed by atoms with E-state index in [-0.39, 0.29) is 5.57 Å². The van der Waals surface area contributed by atoms with E-state index >= 15 is 0 Å². The lowest BCUT2D eigenvalue weighted by Gasteiger charge is -2.00. The molecule has 0 radical (unpaired) electrons. The summed E-state index contributed by atoms with van der Waals surface area (Å²) in [6.45, 7) is 0. The van der Waals surface area contributed by atoms with Crippen LogP contribution in [0.15, 0.2) is 36.3 Å². The third kappa shape index (κ3) is 3.12. The molecule has 0 bridgehead atoms. The molecule has 0 aliphatic heterocycles. The number of pyridine rings is 1. The first-order chi connectivity index (χ1) is 7.27. The van der Waals surface area contributed by atoms with Crippen LogP contribution in [0.5, 0.6) is 0 Å². The Kier molecular flexibility index (Phi) is 3.86.